The monoisotopic (exact) mass is 297 g/mol. The van der Waals surface area contributed by atoms with E-state index in [9.17, 15) is 4.79 Å². The first-order valence-electron chi connectivity index (χ1n) is 6.88. The van der Waals surface area contributed by atoms with Crippen LogP contribution in [-0.4, -0.2) is 20.2 Å². The van der Waals surface area contributed by atoms with Gasteiger partial charge in [0.2, 0.25) is 0 Å². The highest BCUT2D eigenvalue weighted by molar-refractivity contribution is 5.90. The number of benzene rings is 2. The van der Waals surface area contributed by atoms with Crippen molar-refractivity contribution in [1.82, 2.24) is 0 Å². The van der Waals surface area contributed by atoms with Crippen molar-refractivity contribution in [2.24, 2.45) is 0 Å². The minimum Gasteiger partial charge on any atom is -0.497 e. The summed E-state index contributed by atoms with van der Waals surface area (Å²) in [6, 6.07) is 16.8. The van der Waals surface area contributed by atoms with E-state index in [2.05, 4.69) is 11.9 Å². The average molecular weight is 297 g/mol. The lowest BCUT2D eigenvalue weighted by atomic mass is 9.99. The summed E-state index contributed by atoms with van der Waals surface area (Å²) in [5.41, 5.74) is 2.11. The van der Waals surface area contributed by atoms with Gasteiger partial charge in [-0.25, -0.2) is 4.79 Å². The molecule has 0 fully saturated rings. The number of anilines is 1. The van der Waals surface area contributed by atoms with E-state index in [1.54, 1.807) is 7.11 Å². The fourth-order valence-corrected chi connectivity index (χ4v) is 2.15. The molecule has 4 heteroatoms. The van der Waals surface area contributed by atoms with Gasteiger partial charge in [0, 0.05) is 11.8 Å². The van der Waals surface area contributed by atoms with Crippen molar-refractivity contribution in [2.75, 3.05) is 19.5 Å². The second-order valence-electron chi connectivity index (χ2n) is 4.74. The number of ether oxygens (including phenoxy) is 2. The first-order valence-corrected chi connectivity index (χ1v) is 6.88. The van der Waals surface area contributed by atoms with Crippen LogP contribution in [0.25, 0.3) is 0 Å². The molecule has 0 heterocycles. The van der Waals surface area contributed by atoms with Gasteiger partial charge in [-0.05, 0) is 17.7 Å². The van der Waals surface area contributed by atoms with Crippen molar-refractivity contribution in [3.63, 3.8) is 0 Å². The number of nitrogens with one attached hydrogen (secondary N) is 1. The molecule has 2 aromatic rings. The molecule has 0 aromatic heterocycles. The molecular weight excluding hydrogens is 278 g/mol. The molecule has 1 N–H and O–H groups in total. The lowest BCUT2D eigenvalue weighted by molar-refractivity contribution is -0.136. The van der Waals surface area contributed by atoms with Crippen LogP contribution in [0.3, 0.4) is 0 Å². The maximum Gasteiger partial charge on any atom is 0.335 e. The van der Waals surface area contributed by atoms with Gasteiger partial charge in [0.15, 0.2) is 0 Å². The van der Waals surface area contributed by atoms with Crippen molar-refractivity contribution in [3.05, 3.63) is 72.3 Å². The Bertz CT molecular complexity index is 652. The van der Waals surface area contributed by atoms with Crippen LogP contribution in [0.1, 0.15) is 11.6 Å². The molecule has 0 saturated carbocycles. The van der Waals surface area contributed by atoms with Gasteiger partial charge in [0.05, 0.1) is 25.8 Å². The highest BCUT2D eigenvalue weighted by atomic mass is 16.5. The standard InChI is InChI=1S/C18H19NO3/c1-13(18(20)22-3)17(14-8-5-4-6-9-14)19-15-10-7-11-16(12-15)21-2/h4-12,17,19H,1H2,2-3H3/t17-/m0/s1. The Balaban J connectivity index is 2.32. The Morgan fingerprint density at radius 1 is 1.09 bits per heavy atom. The molecule has 0 unspecified atom stereocenters. The molecule has 0 spiro atoms. The van der Waals surface area contributed by atoms with E-state index in [1.807, 2.05) is 54.6 Å². The third kappa shape index (κ3) is 3.67. The second-order valence-corrected chi connectivity index (χ2v) is 4.74. The van der Waals surface area contributed by atoms with Gasteiger partial charge < -0.3 is 14.8 Å². The topological polar surface area (TPSA) is 47.6 Å². The molecule has 0 aliphatic rings. The van der Waals surface area contributed by atoms with Crippen LogP contribution >= 0.6 is 0 Å². The summed E-state index contributed by atoms with van der Waals surface area (Å²) >= 11 is 0. The summed E-state index contributed by atoms with van der Waals surface area (Å²) in [6.45, 7) is 3.87. The Kier molecular flexibility index (Phi) is 5.20. The third-order valence-electron chi connectivity index (χ3n) is 3.31. The number of esters is 1. The van der Waals surface area contributed by atoms with E-state index in [-0.39, 0.29) is 6.04 Å². The van der Waals surface area contributed by atoms with Gasteiger partial charge in [-0.1, -0.05) is 43.0 Å². The number of carbonyl (C=O) groups is 1. The zero-order valence-corrected chi connectivity index (χ0v) is 12.7. The number of rotatable bonds is 6. The Hall–Kier alpha value is -2.75. The van der Waals surface area contributed by atoms with Gasteiger partial charge in [0.1, 0.15) is 5.75 Å². The molecule has 114 valence electrons. The molecule has 0 radical (unpaired) electrons. The largest absolute Gasteiger partial charge is 0.497 e. The van der Waals surface area contributed by atoms with Gasteiger partial charge in [0.25, 0.3) is 0 Å². The average Bonchev–Trinajstić information content (AvgIpc) is 2.59. The normalized spacial score (nSPS) is 11.4. The molecule has 2 rings (SSSR count). The summed E-state index contributed by atoms with van der Waals surface area (Å²) in [4.78, 5) is 11.9. The summed E-state index contributed by atoms with van der Waals surface area (Å²) < 4.78 is 10.0. The van der Waals surface area contributed by atoms with Gasteiger partial charge in [-0.3, -0.25) is 0 Å². The smallest absolute Gasteiger partial charge is 0.335 e. The zero-order chi connectivity index (χ0) is 15.9. The highest BCUT2D eigenvalue weighted by Gasteiger charge is 2.21. The van der Waals surface area contributed by atoms with Gasteiger partial charge in [-0.15, -0.1) is 0 Å². The van der Waals surface area contributed by atoms with Crippen molar-refractivity contribution < 1.29 is 14.3 Å². The lowest BCUT2D eigenvalue weighted by Crippen LogP contribution is -2.19. The maximum atomic E-state index is 11.9. The molecule has 0 aliphatic heterocycles. The molecular formula is C18H19NO3. The van der Waals surface area contributed by atoms with Crippen LogP contribution in [0.15, 0.2) is 66.7 Å². The van der Waals surface area contributed by atoms with Gasteiger partial charge >= 0.3 is 5.97 Å². The fraction of sp³-hybridized carbons (Fsp3) is 0.167. The van der Waals surface area contributed by atoms with E-state index in [0.717, 1.165) is 17.0 Å². The summed E-state index contributed by atoms with van der Waals surface area (Å²) in [5, 5.41) is 3.30. The Morgan fingerprint density at radius 3 is 2.45 bits per heavy atom. The number of hydrogen-bond acceptors (Lipinski definition) is 4. The Labute approximate surface area is 130 Å². The molecule has 1 atom stereocenters. The summed E-state index contributed by atoms with van der Waals surface area (Å²) in [5.74, 6) is 0.296. The highest BCUT2D eigenvalue weighted by Crippen LogP contribution is 2.28. The lowest BCUT2D eigenvalue weighted by Gasteiger charge is -2.21. The molecule has 0 aliphatic carbocycles. The van der Waals surface area contributed by atoms with Crippen LogP contribution in [0.4, 0.5) is 5.69 Å². The van der Waals surface area contributed by atoms with Crippen molar-refractivity contribution in [2.45, 2.75) is 6.04 Å². The van der Waals surface area contributed by atoms with Gasteiger partial charge in [-0.2, -0.15) is 0 Å². The minimum absolute atomic E-state index is 0.344. The van der Waals surface area contributed by atoms with Crippen LogP contribution in [0.5, 0.6) is 5.75 Å². The number of methoxy groups -OCH3 is 2. The summed E-state index contributed by atoms with van der Waals surface area (Å²) in [6.07, 6.45) is 0. The fourth-order valence-electron chi connectivity index (χ4n) is 2.15. The molecule has 22 heavy (non-hydrogen) atoms. The van der Waals surface area contributed by atoms with E-state index in [0.29, 0.717) is 5.57 Å². The van der Waals surface area contributed by atoms with E-state index >= 15 is 0 Å². The quantitative estimate of drug-likeness (QED) is 0.654. The third-order valence-corrected chi connectivity index (χ3v) is 3.31. The summed E-state index contributed by atoms with van der Waals surface area (Å²) in [7, 11) is 2.96. The van der Waals surface area contributed by atoms with Crippen molar-refractivity contribution in [1.29, 1.82) is 0 Å². The van der Waals surface area contributed by atoms with Crippen LogP contribution in [-0.2, 0) is 9.53 Å². The van der Waals surface area contributed by atoms with Crippen LogP contribution in [0.2, 0.25) is 0 Å². The van der Waals surface area contributed by atoms with E-state index in [4.69, 9.17) is 9.47 Å². The number of hydrogen-bond donors (Lipinski definition) is 1. The molecule has 0 bridgehead atoms. The second kappa shape index (κ2) is 7.31. The van der Waals surface area contributed by atoms with Crippen LogP contribution in [0, 0.1) is 0 Å². The molecule has 0 amide bonds. The minimum atomic E-state index is -0.441. The first-order chi connectivity index (χ1) is 10.7. The molecule has 4 nitrogen and oxygen atoms in total. The van der Waals surface area contributed by atoms with Crippen molar-refractivity contribution >= 4 is 11.7 Å². The van der Waals surface area contributed by atoms with Crippen LogP contribution < -0.4 is 10.1 Å². The van der Waals surface area contributed by atoms with E-state index in [1.165, 1.54) is 7.11 Å². The SMILES string of the molecule is C=C(C(=O)OC)[C@H](Nc1cccc(OC)c1)c1ccccc1. The first kappa shape index (κ1) is 15.6. The Morgan fingerprint density at radius 2 is 1.82 bits per heavy atom. The van der Waals surface area contributed by atoms with E-state index < -0.39 is 5.97 Å². The number of carbonyl (C=O) groups excluding carboxylic acids is 1. The van der Waals surface area contributed by atoms with Crippen molar-refractivity contribution in [3.8, 4) is 5.75 Å². The zero-order valence-electron chi connectivity index (χ0n) is 12.7. The molecule has 2 aromatic carbocycles. The maximum absolute atomic E-state index is 11.9. The predicted molar refractivity (Wildman–Crippen MR) is 87.0 cm³/mol. The predicted octanol–water partition coefficient (Wildman–Crippen LogP) is 3.58. The molecule has 0 saturated heterocycles.